The highest BCUT2D eigenvalue weighted by atomic mass is 32.2. The number of aromatic nitrogens is 1. The lowest BCUT2D eigenvalue weighted by Gasteiger charge is -2.05. The lowest BCUT2D eigenvalue weighted by molar-refractivity contribution is -0.115. The highest BCUT2D eigenvalue weighted by molar-refractivity contribution is 8.18. The zero-order valence-corrected chi connectivity index (χ0v) is 14.6. The molecule has 2 aromatic rings. The maximum atomic E-state index is 11.4. The van der Waals surface area contributed by atoms with E-state index in [0.717, 1.165) is 29.6 Å². The molecule has 2 amide bonds. The van der Waals surface area contributed by atoms with Gasteiger partial charge in [-0.25, -0.2) is 0 Å². The minimum atomic E-state index is -0.343. The SMILES string of the molecule is CNCCOc1ccc(C=C2SC(=O)NC2=O)cc1.c1ccncc1. The van der Waals surface area contributed by atoms with Gasteiger partial charge in [-0.15, -0.1) is 0 Å². The average Bonchev–Trinajstić information content (AvgIpc) is 2.96. The van der Waals surface area contributed by atoms with Gasteiger partial charge in [0.1, 0.15) is 12.4 Å². The van der Waals surface area contributed by atoms with E-state index in [9.17, 15) is 9.59 Å². The summed E-state index contributed by atoms with van der Waals surface area (Å²) >= 11 is 0.912. The molecule has 6 nitrogen and oxygen atoms in total. The number of amides is 2. The van der Waals surface area contributed by atoms with E-state index in [2.05, 4.69) is 15.6 Å². The van der Waals surface area contributed by atoms with Crippen molar-refractivity contribution in [2.24, 2.45) is 0 Å². The van der Waals surface area contributed by atoms with Crippen LogP contribution in [-0.4, -0.2) is 36.3 Å². The standard InChI is InChI=1S/C13H14N2O3S.C5H5N/c1-14-6-7-18-10-4-2-9(3-5-10)8-11-12(16)15-13(17)19-11;1-2-4-6-5-3-1/h2-5,8,14H,6-7H2,1H3,(H,15,16,17);1-5H. The van der Waals surface area contributed by atoms with Gasteiger partial charge in [-0.3, -0.25) is 19.9 Å². The van der Waals surface area contributed by atoms with Crippen molar-refractivity contribution in [2.75, 3.05) is 20.2 Å². The number of carbonyl (C=O) groups excluding carboxylic acids is 2. The Morgan fingerprint density at radius 3 is 2.36 bits per heavy atom. The molecule has 1 aliphatic heterocycles. The van der Waals surface area contributed by atoms with Crippen molar-refractivity contribution < 1.29 is 14.3 Å². The molecule has 0 radical (unpaired) electrons. The van der Waals surface area contributed by atoms with Gasteiger partial charge in [0.05, 0.1) is 4.91 Å². The number of pyridine rings is 1. The van der Waals surface area contributed by atoms with E-state index in [-0.39, 0.29) is 11.1 Å². The van der Waals surface area contributed by atoms with E-state index in [1.807, 2.05) is 49.5 Å². The van der Waals surface area contributed by atoms with Gasteiger partial charge in [0.2, 0.25) is 0 Å². The van der Waals surface area contributed by atoms with Crippen molar-refractivity contribution in [3.8, 4) is 5.75 Å². The van der Waals surface area contributed by atoms with Gasteiger partial charge in [0.25, 0.3) is 11.1 Å². The van der Waals surface area contributed by atoms with Crippen LogP contribution < -0.4 is 15.4 Å². The van der Waals surface area contributed by atoms with Gasteiger partial charge in [0, 0.05) is 18.9 Å². The molecular formula is C18H19N3O3S. The maximum absolute atomic E-state index is 11.4. The molecule has 0 spiro atoms. The van der Waals surface area contributed by atoms with E-state index < -0.39 is 0 Å². The maximum Gasteiger partial charge on any atom is 0.290 e. The normalized spacial score (nSPS) is 14.7. The van der Waals surface area contributed by atoms with Crippen LogP contribution in [0.5, 0.6) is 5.75 Å². The number of imide groups is 1. The van der Waals surface area contributed by atoms with Crippen LogP contribution in [0.3, 0.4) is 0 Å². The number of rotatable bonds is 5. The minimum Gasteiger partial charge on any atom is -0.492 e. The van der Waals surface area contributed by atoms with Crippen molar-refractivity contribution >= 4 is 29.0 Å². The van der Waals surface area contributed by atoms with Gasteiger partial charge in [-0.1, -0.05) is 18.2 Å². The predicted molar refractivity (Wildman–Crippen MR) is 99.2 cm³/mol. The highest BCUT2D eigenvalue weighted by Crippen LogP contribution is 2.26. The largest absolute Gasteiger partial charge is 0.492 e. The average molecular weight is 357 g/mol. The molecule has 130 valence electrons. The highest BCUT2D eigenvalue weighted by Gasteiger charge is 2.24. The van der Waals surface area contributed by atoms with Crippen LogP contribution in [0.4, 0.5) is 4.79 Å². The van der Waals surface area contributed by atoms with Gasteiger partial charge in [0.15, 0.2) is 0 Å². The Morgan fingerprint density at radius 1 is 1.16 bits per heavy atom. The Morgan fingerprint density at radius 2 is 1.88 bits per heavy atom. The number of thioether (sulfide) groups is 1. The number of nitrogens with zero attached hydrogens (tertiary/aromatic N) is 1. The molecule has 7 heteroatoms. The molecule has 1 aliphatic rings. The fraction of sp³-hybridized carbons (Fsp3) is 0.167. The number of benzene rings is 1. The van der Waals surface area contributed by atoms with Crippen LogP contribution in [0.1, 0.15) is 5.56 Å². The Bertz CT molecular complexity index is 691. The van der Waals surface area contributed by atoms with Crippen molar-refractivity contribution in [1.82, 2.24) is 15.6 Å². The second-order valence-electron chi connectivity index (χ2n) is 4.90. The quantitative estimate of drug-likeness (QED) is 0.633. The molecule has 0 saturated carbocycles. The molecule has 1 aromatic carbocycles. The van der Waals surface area contributed by atoms with Crippen LogP contribution in [0.15, 0.2) is 59.8 Å². The summed E-state index contributed by atoms with van der Waals surface area (Å²) in [5, 5.41) is 4.88. The summed E-state index contributed by atoms with van der Waals surface area (Å²) in [6.45, 7) is 1.38. The van der Waals surface area contributed by atoms with Crippen LogP contribution in [-0.2, 0) is 4.79 Å². The number of hydrogen-bond donors (Lipinski definition) is 2. The molecule has 2 N–H and O–H groups in total. The Labute approximate surface area is 150 Å². The van der Waals surface area contributed by atoms with E-state index in [1.165, 1.54) is 0 Å². The first-order valence-electron chi connectivity index (χ1n) is 7.66. The molecule has 3 rings (SSSR count). The van der Waals surface area contributed by atoms with Crippen LogP contribution >= 0.6 is 11.8 Å². The second kappa shape index (κ2) is 10.3. The van der Waals surface area contributed by atoms with E-state index in [0.29, 0.717) is 11.5 Å². The topological polar surface area (TPSA) is 80.3 Å². The number of likely N-dealkylation sites (N-methyl/N-ethyl adjacent to an activating group) is 1. The fourth-order valence-electron chi connectivity index (χ4n) is 1.82. The van der Waals surface area contributed by atoms with Gasteiger partial charge in [-0.05, 0) is 54.7 Å². The third kappa shape index (κ3) is 6.78. The molecule has 1 fully saturated rings. The van der Waals surface area contributed by atoms with Crippen molar-refractivity contribution in [3.63, 3.8) is 0 Å². The van der Waals surface area contributed by atoms with Gasteiger partial charge >= 0.3 is 0 Å². The van der Waals surface area contributed by atoms with Gasteiger partial charge < -0.3 is 10.1 Å². The Balaban J connectivity index is 0.000000316. The third-order valence-electron chi connectivity index (χ3n) is 3.01. The number of ether oxygens (including phenoxy) is 1. The van der Waals surface area contributed by atoms with Crippen molar-refractivity contribution in [2.45, 2.75) is 0 Å². The van der Waals surface area contributed by atoms with E-state index in [4.69, 9.17) is 4.74 Å². The summed E-state index contributed by atoms with van der Waals surface area (Å²) in [4.78, 5) is 26.6. The molecule has 25 heavy (non-hydrogen) atoms. The molecular weight excluding hydrogens is 338 g/mol. The second-order valence-corrected chi connectivity index (χ2v) is 5.91. The zero-order valence-electron chi connectivity index (χ0n) is 13.8. The smallest absolute Gasteiger partial charge is 0.290 e. The van der Waals surface area contributed by atoms with E-state index >= 15 is 0 Å². The number of carbonyl (C=O) groups is 2. The van der Waals surface area contributed by atoms with Crippen molar-refractivity contribution in [3.05, 3.63) is 65.3 Å². The van der Waals surface area contributed by atoms with Crippen molar-refractivity contribution in [1.29, 1.82) is 0 Å². The first kappa shape index (κ1) is 18.7. The minimum absolute atomic E-state index is 0.330. The monoisotopic (exact) mass is 357 g/mol. The molecule has 0 bridgehead atoms. The zero-order chi connectivity index (χ0) is 17.9. The Kier molecular flexibility index (Phi) is 7.68. The van der Waals surface area contributed by atoms with E-state index in [1.54, 1.807) is 18.5 Å². The molecule has 0 aliphatic carbocycles. The Hall–Kier alpha value is -2.64. The summed E-state index contributed by atoms with van der Waals surface area (Å²) in [5.74, 6) is 0.432. The molecule has 0 unspecified atom stereocenters. The third-order valence-corrected chi connectivity index (χ3v) is 3.82. The number of nitrogens with one attached hydrogen (secondary N) is 2. The summed E-state index contributed by atoms with van der Waals surface area (Å²) in [6, 6.07) is 13.1. The predicted octanol–water partition coefficient (Wildman–Crippen LogP) is 2.69. The first-order valence-corrected chi connectivity index (χ1v) is 8.48. The lowest BCUT2D eigenvalue weighted by Crippen LogP contribution is -2.17. The van der Waals surface area contributed by atoms with Gasteiger partial charge in [-0.2, -0.15) is 0 Å². The van der Waals surface area contributed by atoms with Crippen LogP contribution in [0.25, 0.3) is 6.08 Å². The summed E-state index contributed by atoms with van der Waals surface area (Å²) < 4.78 is 5.49. The molecule has 1 saturated heterocycles. The lowest BCUT2D eigenvalue weighted by atomic mass is 10.2. The summed E-state index contributed by atoms with van der Waals surface area (Å²) in [7, 11) is 1.87. The van der Waals surface area contributed by atoms with Crippen LogP contribution in [0, 0.1) is 0 Å². The number of hydrogen-bond acceptors (Lipinski definition) is 6. The first-order chi connectivity index (χ1) is 12.2. The molecule has 1 aromatic heterocycles. The summed E-state index contributed by atoms with van der Waals surface area (Å²) in [6.07, 6.45) is 5.18. The molecule has 2 heterocycles. The van der Waals surface area contributed by atoms with Crippen LogP contribution in [0.2, 0.25) is 0 Å². The molecule has 0 atom stereocenters. The fourth-order valence-corrected chi connectivity index (χ4v) is 2.50. The summed E-state index contributed by atoms with van der Waals surface area (Å²) in [5.41, 5.74) is 0.855.